The van der Waals surface area contributed by atoms with Gasteiger partial charge in [0, 0.05) is 5.56 Å². The number of aliphatic hydroxyl groups excluding tert-OH is 1. The minimum atomic E-state index is -0.657. The summed E-state index contributed by atoms with van der Waals surface area (Å²) in [5.41, 5.74) is 0.365. The number of phenols is 1. The number of benzene rings is 1. The molecule has 1 aromatic carbocycles. The fraction of sp³-hybridized carbons (Fsp3) is 0.111. The maximum absolute atomic E-state index is 12.7. The second-order valence-corrected chi connectivity index (χ2v) is 2.26. The molecule has 0 aromatic heterocycles. The zero-order valence-corrected chi connectivity index (χ0v) is 6.37. The number of phenolic OH excluding ortho intramolecular Hbond substituents is 1. The normalized spacial score (nSPS) is 10.8. The maximum atomic E-state index is 12.7. The highest BCUT2D eigenvalue weighted by atomic mass is 19.1. The molecule has 0 bridgehead atoms. The van der Waals surface area contributed by atoms with Crippen LogP contribution in [0.25, 0.3) is 6.08 Å². The smallest absolute Gasteiger partial charge is 0.165 e. The van der Waals surface area contributed by atoms with Gasteiger partial charge in [0.2, 0.25) is 0 Å². The van der Waals surface area contributed by atoms with Crippen molar-refractivity contribution in [2.75, 3.05) is 6.61 Å². The van der Waals surface area contributed by atoms with Gasteiger partial charge in [-0.2, -0.15) is 0 Å². The molecule has 1 rings (SSSR count). The molecule has 0 saturated heterocycles. The lowest BCUT2D eigenvalue weighted by Crippen LogP contribution is -1.80. The maximum Gasteiger partial charge on any atom is 0.165 e. The zero-order valence-electron chi connectivity index (χ0n) is 6.37. The summed E-state index contributed by atoms with van der Waals surface area (Å²) in [6.45, 7) is -0.129. The van der Waals surface area contributed by atoms with Crippen molar-refractivity contribution in [2.45, 2.75) is 0 Å². The summed E-state index contributed by atoms with van der Waals surface area (Å²) in [6, 6.07) is 4.22. The van der Waals surface area contributed by atoms with Crippen molar-refractivity contribution in [2.24, 2.45) is 0 Å². The van der Waals surface area contributed by atoms with Crippen LogP contribution in [0.3, 0.4) is 0 Å². The van der Waals surface area contributed by atoms with Gasteiger partial charge in [-0.3, -0.25) is 0 Å². The minimum Gasteiger partial charge on any atom is -0.504 e. The third-order valence-corrected chi connectivity index (χ3v) is 1.42. The van der Waals surface area contributed by atoms with Gasteiger partial charge in [-0.25, -0.2) is 4.39 Å². The highest BCUT2D eigenvalue weighted by Gasteiger charge is 2.01. The SMILES string of the molecule is OC/C=C/c1cccc(F)c1O. The lowest BCUT2D eigenvalue weighted by molar-refractivity contribution is 0.343. The number of hydrogen-bond donors (Lipinski definition) is 2. The lowest BCUT2D eigenvalue weighted by Gasteiger charge is -1.98. The van der Waals surface area contributed by atoms with E-state index in [0.717, 1.165) is 0 Å². The van der Waals surface area contributed by atoms with E-state index in [1.54, 1.807) is 6.07 Å². The summed E-state index contributed by atoms with van der Waals surface area (Å²) in [6.07, 6.45) is 2.88. The molecule has 3 heteroatoms. The molecule has 0 radical (unpaired) electrons. The molecular formula is C9H9FO2. The fourth-order valence-electron chi connectivity index (χ4n) is 0.846. The van der Waals surface area contributed by atoms with E-state index in [1.807, 2.05) is 0 Å². The Morgan fingerprint density at radius 3 is 2.83 bits per heavy atom. The summed E-state index contributed by atoms with van der Waals surface area (Å²) in [5.74, 6) is -1.04. The third-order valence-electron chi connectivity index (χ3n) is 1.42. The lowest BCUT2D eigenvalue weighted by atomic mass is 10.2. The first-order chi connectivity index (χ1) is 5.75. The van der Waals surface area contributed by atoms with E-state index in [2.05, 4.69) is 0 Å². The van der Waals surface area contributed by atoms with E-state index in [1.165, 1.54) is 24.3 Å². The molecule has 1 aromatic rings. The quantitative estimate of drug-likeness (QED) is 0.703. The van der Waals surface area contributed by atoms with Crippen LogP contribution in [0.15, 0.2) is 24.3 Å². The van der Waals surface area contributed by atoms with E-state index in [-0.39, 0.29) is 12.4 Å². The molecule has 0 unspecified atom stereocenters. The van der Waals surface area contributed by atoms with Crippen molar-refractivity contribution in [3.63, 3.8) is 0 Å². The van der Waals surface area contributed by atoms with E-state index >= 15 is 0 Å². The van der Waals surface area contributed by atoms with Gasteiger partial charge in [-0.05, 0) is 6.07 Å². The van der Waals surface area contributed by atoms with E-state index in [0.29, 0.717) is 5.56 Å². The van der Waals surface area contributed by atoms with Gasteiger partial charge in [0.25, 0.3) is 0 Å². The monoisotopic (exact) mass is 168 g/mol. The first-order valence-corrected chi connectivity index (χ1v) is 3.50. The van der Waals surface area contributed by atoms with Crippen molar-refractivity contribution >= 4 is 6.08 Å². The van der Waals surface area contributed by atoms with Gasteiger partial charge in [0.05, 0.1) is 6.61 Å². The van der Waals surface area contributed by atoms with E-state index in [9.17, 15) is 4.39 Å². The van der Waals surface area contributed by atoms with Crippen LogP contribution in [0.4, 0.5) is 4.39 Å². The molecule has 64 valence electrons. The number of para-hydroxylation sites is 1. The summed E-state index contributed by atoms with van der Waals surface area (Å²) < 4.78 is 12.7. The minimum absolute atomic E-state index is 0.129. The average Bonchev–Trinajstić information content (AvgIpc) is 2.08. The topological polar surface area (TPSA) is 40.5 Å². The predicted molar refractivity (Wildman–Crippen MR) is 44.2 cm³/mol. The van der Waals surface area contributed by atoms with Crippen molar-refractivity contribution in [3.05, 3.63) is 35.7 Å². The molecular weight excluding hydrogens is 159 g/mol. The number of hydrogen-bond acceptors (Lipinski definition) is 2. The zero-order chi connectivity index (χ0) is 8.97. The Kier molecular flexibility index (Phi) is 2.82. The summed E-state index contributed by atoms with van der Waals surface area (Å²) >= 11 is 0. The van der Waals surface area contributed by atoms with Gasteiger partial charge < -0.3 is 10.2 Å². The van der Waals surface area contributed by atoms with E-state index < -0.39 is 5.82 Å². The van der Waals surface area contributed by atoms with Gasteiger partial charge in [-0.1, -0.05) is 24.3 Å². The Morgan fingerprint density at radius 2 is 2.17 bits per heavy atom. The highest BCUT2D eigenvalue weighted by Crippen LogP contribution is 2.21. The molecule has 0 fully saturated rings. The largest absolute Gasteiger partial charge is 0.504 e. The summed E-state index contributed by atoms with van der Waals surface area (Å²) in [4.78, 5) is 0. The van der Waals surface area contributed by atoms with Crippen LogP contribution in [0.2, 0.25) is 0 Å². The number of rotatable bonds is 2. The molecule has 2 N–H and O–H groups in total. The molecule has 0 spiro atoms. The van der Waals surface area contributed by atoms with Crippen molar-refractivity contribution in [1.82, 2.24) is 0 Å². The van der Waals surface area contributed by atoms with E-state index in [4.69, 9.17) is 10.2 Å². The second-order valence-electron chi connectivity index (χ2n) is 2.26. The van der Waals surface area contributed by atoms with Crippen LogP contribution in [0.1, 0.15) is 5.56 Å². The molecule has 12 heavy (non-hydrogen) atoms. The first kappa shape index (κ1) is 8.74. The third kappa shape index (κ3) is 1.83. The molecule has 0 saturated carbocycles. The summed E-state index contributed by atoms with van der Waals surface area (Å²) in [5, 5.41) is 17.5. The Morgan fingerprint density at radius 1 is 1.42 bits per heavy atom. The Bertz CT molecular complexity index is 295. The number of aromatic hydroxyl groups is 1. The summed E-state index contributed by atoms with van der Waals surface area (Å²) in [7, 11) is 0. The van der Waals surface area contributed by atoms with Crippen LogP contribution in [-0.2, 0) is 0 Å². The van der Waals surface area contributed by atoms with Gasteiger partial charge in [-0.15, -0.1) is 0 Å². The standard InChI is InChI=1S/C9H9FO2/c10-8-5-1-3-7(9(8)12)4-2-6-11/h1-5,11-12H,6H2/b4-2+. The van der Waals surface area contributed by atoms with Crippen LogP contribution in [0.5, 0.6) is 5.75 Å². The molecule has 0 aliphatic rings. The van der Waals surface area contributed by atoms with Gasteiger partial charge in [0.1, 0.15) is 0 Å². The van der Waals surface area contributed by atoms with Gasteiger partial charge >= 0.3 is 0 Å². The molecule has 0 atom stereocenters. The van der Waals surface area contributed by atoms with Gasteiger partial charge in [0.15, 0.2) is 11.6 Å². The number of aliphatic hydroxyl groups is 1. The Balaban J connectivity index is 3.00. The average molecular weight is 168 g/mol. The van der Waals surface area contributed by atoms with Crippen molar-refractivity contribution < 1.29 is 14.6 Å². The predicted octanol–water partition coefficient (Wildman–Crippen LogP) is 1.54. The fourth-order valence-corrected chi connectivity index (χ4v) is 0.846. The molecule has 0 heterocycles. The van der Waals surface area contributed by atoms with Crippen LogP contribution < -0.4 is 0 Å². The molecule has 0 aliphatic carbocycles. The van der Waals surface area contributed by atoms with Crippen molar-refractivity contribution in [1.29, 1.82) is 0 Å². The van der Waals surface area contributed by atoms with Crippen molar-refractivity contribution in [3.8, 4) is 5.75 Å². The van der Waals surface area contributed by atoms with Crippen LogP contribution >= 0.6 is 0 Å². The molecule has 2 nitrogen and oxygen atoms in total. The van der Waals surface area contributed by atoms with Crippen LogP contribution in [0, 0.1) is 5.82 Å². The molecule has 0 amide bonds. The van der Waals surface area contributed by atoms with Crippen LogP contribution in [-0.4, -0.2) is 16.8 Å². The Labute approximate surface area is 69.6 Å². The molecule has 0 aliphatic heterocycles. The number of halogens is 1. The second kappa shape index (κ2) is 3.88. The highest BCUT2D eigenvalue weighted by molar-refractivity contribution is 5.56. The Hall–Kier alpha value is -1.35. The first-order valence-electron chi connectivity index (χ1n) is 3.50.